The SMILES string of the molecule is COC(=O)[C@H](Cc1c[nH]c2ccccc12)NCC(=O)OCc1ccc(SC)cc1. The van der Waals surface area contributed by atoms with Crippen LogP contribution in [0.3, 0.4) is 0 Å². The number of fused-ring (bicyclic) bond motifs is 1. The van der Waals surface area contributed by atoms with Crippen LogP contribution < -0.4 is 5.32 Å². The number of thioether (sulfide) groups is 1. The molecule has 0 saturated carbocycles. The zero-order chi connectivity index (χ0) is 20.6. The highest BCUT2D eigenvalue weighted by molar-refractivity contribution is 7.98. The monoisotopic (exact) mass is 412 g/mol. The lowest BCUT2D eigenvalue weighted by molar-refractivity contribution is -0.145. The lowest BCUT2D eigenvalue weighted by Crippen LogP contribution is -2.42. The molecule has 0 aliphatic carbocycles. The zero-order valence-corrected chi connectivity index (χ0v) is 17.3. The average Bonchev–Trinajstić information content (AvgIpc) is 3.17. The van der Waals surface area contributed by atoms with Gasteiger partial charge < -0.3 is 14.5 Å². The Hall–Kier alpha value is -2.77. The molecule has 3 aromatic rings. The van der Waals surface area contributed by atoms with Gasteiger partial charge in [-0.25, -0.2) is 0 Å². The van der Waals surface area contributed by atoms with Crippen LogP contribution >= 0.6 is 11.8 Å². The van der Waals surface area contributed by atoms with Crippen molar-refractivity contribution in [2.24, 2.45) is 0 Å². The van der Waals surface area contributed by atoms with Gasteiger partial charge in [0.15, 0.2) is 0 Å². The molecular formula is C22H24N2O4S. The van der Waals surface area contributed by atoms with E-state index in [0.717, 1.165) is 26.9 Å². The number of benzene rings is 2. The molecule has 1 atom stereocenters. The largest absolute Gasteiger partial charge is 0.468 e. The summed E-state index contributed by atoms with van der Waals surface area (Å²) in [4.78, 5) is 28.6. The Balaban J connectivity index is 1.55. The second kappa shape index (κ2) is 10.1. The summed E-state index contributed by atoms with van der Waals surface area (Å²) in [5.41, 5.74) is 2.89. The molecule has 3 rings (SSSR count). The van der Waals surface area contributed by atoms with Crippen molar-refractivity contribution in [3.8, 4) is 0 Å². The molecule has 1 heterocycles. The van der Waals surface area contributed by atoms with Crippen LogP contribution in [0, 0.1) is 0 Å². The van der Waals surface area contributed by atoms with Gasteiger partial charge in [0.1, 0.15) is 12.6 Å². The van der Waals surface area contributed by atoms with Crippen molar-refractivity contribution in [3.63, 3.8) is 0 Å². The van der Waals surface area contributed by atoms with Gasteiger partial charge >= 0.3 is 11.9 Å². The number of nitrogens with one attached hydrogen (secondary N) is 2. The number of carbonyl (C=O) groups is 2. The van der Waals surface area contributed by atoms with Gasteiger partial charge in [-0.05, 0) is 35.6 Å². The third-order valence-corrected chi connectivity index (χ3v) is 5.38. The minimum absolute atomic E-state index is 0.0784. The Bertz CT molecular complexity index is 968. The summed E-state index contributed by atoms with van der Waals surface area (Å²) >= 11 is 1.66. The topological polar surface area (TPSA) is 80.4 Å². The quantitative estimate of drug-likeness (QED) is 0.415. The number of methoxy groups -OCH3 is 1. The zero-order valence-electron chi connectivity index (χ0n) is 16.4. The molecule has 0 fully saturated rings. The Kier molecular flexibility index (Phi) is 7.32. The number of hydrogen-bond acceptors (Lipinski definition) is 6. The lowest BCUT2D eigenvalue weighted by atomic mass is 10.1. The molecule has 0 saturated heterocycles. The maximum atomic E-state index is 12.2. The molecule has 0 spiro atoms. The van der Waals surface area contributed by atoms with Gasteiger partial charge in [0.2, 0.25) is 0 Å². The molecule has 1 aromatic heterocycles. The predicted molar refractivity (Wildman–Crippen MR) is 114 cm³/mol. The smallest absolute Gasteiger partial charge is 0.323 e. The van der Waals surface area contributed by atoms with E-state index in [0.29, 0.717) is 6.42 Å². The van der Waals surface area contributed by atoms with Crippen LogP contribution in [0.1, 0.15) is 11.1 Å². The van der Waals surface area contributed by atoms with Crippen molar-refractivity contribution in [3.05, 3.63) is 65.9 Å². The average molecular weight is 413 g/mol. The van der Waals surface area contributed by atoms with Gasteiger partial charge in [-0.2, -0.15) is 0 Å². The number of aromatic amines is 1. The number of aromatic nitrogens is 1. The molecule has 0 radical (unpaired) electrons. The van der Waals surface area contributed by atoms with Crippen LogP contribution in [0.15, 0.2) is 59.6 Å². The molecule has 7 heteroatoms. The van der Waals surface area contributed by atoms with Gasteiger partial charge in [-0.1, -0.05) is 30.3 Å². The van der Waals surface area contributed by atoms with E-state index in [1.807, 2.05) is 61.0 Å². The van der Waals surface area contributed by atoms with Gasteiger partial charge in [-0.3, -0.25) is 14.9 Å². The molecule has 29 heavy (non-hydrogen) atoms. The van der Waals surface area contributed by atoms with Crippen LogP contribution in [-0.4, -0.2) is 42.9 Å². The van der Waals surface area contributed by atoms with E-state index in [-0.39, 0.29) is 13.2 Å². The molecule has 0 bridgehead atoms. The minimum Gasteiger partial charge on any atom is -0.468 e. The Labute approximate surface area is 174 Å². The maximum absolute atomic E-state index is 12.2. The van der Waals surface area contributed by atoms with Gasteiger partial charge in [0.05, 0.1) is 13.7 Å². The van der Waals surface area contributed by atoms with Gasteiger partial charge in [0.25, 0.3) is 0 Å². The van der Waals surface area contributed by atoms with Crippen molar-refractivity contribution in [2.45, 2.75) is 24.0 Å². The molecule has 0 aliphatic rings. The standard InChI is InChI=1S/C22H24N2O4S/c1-27-22(26)20(11-16-12-23-19-6-4-3-5-18(16)19)24-13-21(25)28-14-15-7-9-17(29-2)10-8-15/h3-10,12,20,23-24H,11,13-14H2,1-2H3/t20-/m0/s1. The number of carbonyl (C=O) groups excluding carboxylic acids is 2. The van der Waals surface area contributed by atoms with Crippen LogP contribution in [-0.2, 0) is 32.1 Å². The van der Waals surface area contributed by atoms with E-state index >= 15 is 0 Å². The van der Waals surface area contributed by atoms with Gasteiger partial charge in [0, 0.05) is 28.4 Å². The molecule has 0 aliphatic heterocycles. The second-order valence-corrected chi connectivity index (χ2v) is 7.41. The fraction of sp³-hybridized carbons (Fsp3) is 0.273. The Morgan fingerprint density at radius 3 is 2.62 bits per heavy atom. The van der Waals surface area contributed by atoms with Crippen molar-refractivity contribution >= 4 is 34.6 Å². The van der Waals surface area contributed by atoms with E-state index in [1.54, 1.807) is 11.8 Å². The van der Waals surface area contributed by atoms with Crippen LogP contribution in [0.2, 0.25) is 0 Å². The minimum atomic E-state index is -0.646. The van der Waals surface area contributed by atoms with Crippen molar-refractivity contribution < 1.29 is 19.1 Å². The molecule has 152 valence electrons. The first-order valence-corrected chi connectivity index (χ1v) is 10.5. The fourth-order valence-electron chi connectivity index (χ4n) is 3.04. The van der Waals surface area contributed by atoms with Gasteiger partial charge in [-0.15, -0.1) is 11.8 Å². The molecule has 6 nitrogen and oxygen atoms in total. The summed E-state index contributed by atoms with van der Waals surface area (Å²) in [6.45, 7) is 0.117. The normalized spacial score (nSPS) is 11.9. The molecule has 0 unspecified atom stereocenters. The summed E-state index contributed by atoms with van der Waals surface area (Å²) in [5, 5.41) is 4.00. The first kappa shape index (κ1) is 21.0. The lowest BCUT2D eigenvalue weighted by Gasteiger charge is -2.16. The first-order valence-electron chi connectivity index (χ1n) is 9.25. The summed E-state index contributed by atoms with van der Waals surface area (Å²) < 4.78 is 10.2. The van der Waals surface area contributed by atoms with E-state index in [2.05, 4.69) is 10.3 Å². The number of rotatable bonds is 9. The Morgan fingerprint density at radius 2 is 1.90 bits per heavy atom. The highest BCUT2D eigenvalue weighted by Crippen LogP contribution is 2.19. The summed E-state index contributed by atoms with van der Waals surface area (Å²) in [7, 11) is 1.34. The summed E-state index contributed by atoms with van der Waals surface area (Å²) in [6.07, 6.45) is 4.29. The van der Waals surface area contributed by atoms with E-state index in [1.165, 1.54) is 7.11 Å². The van der Waals surface area contributed by atoms with Crippen molar-refractivity contribution in [2.75, 3.05) is 19.9 Å². The maximum Gasteiger partial charge on any atom is 0.323 e. The number of hydrogen-bond donors (Lipinski definition) is 2. The highest BCUT2D eigenvalue weighted by atomic mass is 32.2. The fourth-order valence-corrected chi connectivity index (χ4v) is 3.45. The summed E-state index contributed by atoms with van der Waals surface area (Å²) in [6, 6.07) is 15.1. The molecule has 2 N–H and O–H groups in total. The second-order valence-electron chi connectivity index (χ2n) is 6.53. The van der Waals surface area contributed by atoms with Crippen LogP contribution in [0.4, 0.5) is 0 Å². The highest BCUT2D eigenvalue weighted by Gasteiger charge is 2.22. The van der Waals surface area contributed by atoms with Crippen molar-refractivity contribution in [1.82, 2.24) is 10.3 Å². The number of esters is 2. The Morgan fingerprint density at radius 1 is 1.14 bits per heavy atom. The predicted octanol–water partition coefficient (Wildman–Crippen LogP) is 3.31. The van der Waals surface area contributed by atoms with Crippen LogP contribution in [0.25, 0.3) is 10.9 Å². The van der Waals surface area contributed by atoms with E-state index in [4.69, 9.17) is 9.47 Å². The van der Waals surface area contributed by atoms with Crippen LogP contribution in [0.5, 0.6) is 0 Å². The number of H-pyrrole nitrogens is 1. The van der Waals surface area contributed by atoms with E-state index in [9.17, 15) is 9.59 Å². The number of ether oxygens (including phenoxy) is 2. The third-order valence-electron chi connectivity index (χ3n) is 4.64. The summed E-state index contributed by atoms with van der Waals surface area (Å²) in [5.74, 6) is -0.845. The van der Waals surface area contributed by atoms with E-state index < -0.39 is 18.0 Å². The molecule has 0 amide bonds. The number of para-hydroxylation sites is 1. The third kappa shape index (κ3) is 5.62. The molecule has 2 aromatic carbocycles. The first-order chi connectivity index (χ1) is 14.1. The van der Waals surface area contributed by atoms with Crippen molar-refractivity contribution in [1.29, 1.82) is 0 Å². The molecular weight excluding hydrogens is 388 g/mol.